The number of hydrogen-bond acceptors (Lipinski definition) is 3. The zero-order chi connectivity index (χ0) is 14.6. The van der Waals surface area contributed by atoms with Gasteiger partial charge in [0.05, 0.1) is 0 Å². The summed E-state index contributed by atoms with van der Waals surface area (Å²) < 4.78 is 28.3. The Morgan fingerprint density at radius 1 is 1.10 bits per heavy atom. The van der Waals surface area contributed by atoms with Crippen LogP contribution in [0.3, 0.4) is 0 Å². The lowest BCUT2D eigenvalue weighted by molar-refractivity contribution is -0.0498. The van der Waals surface area contributed by atoms with E-state index in [2.05, 4.69) is 16.3 Å². The van der Waals surface area contributed by atoms with Crippen LogP contribution in [-0.4, -0.2) is 25.2 Å². The van der Waals surface area contributed by atoms with Gasteiger partial charge in [-0.3, -0.25) is 0 Å². The largest absolute Gasteiger partial charge is 0.435 e. The number of hydrogen-bond donors (Lipinski definition) is 1. The average molecular weight is 303 g/mol. The Hall–Kier alpha value is -0.810. The first-order chi connectivity index (χ1) is 9.72. The second-order valence-electron chi connectivity index (χ2n) is 4.61. The number of benzene rings is 1. The van der Waals surface area contributed by atoms with E-state index >= 15 is 0 Å². The molecule has 0 aliphatic heterocycles. The summed E-state index contributed by atoms with van der Waals surface area (Å²) >= 11 is 1.90. The Labute approximate surface area is 124 Å². The van der Waals surface area contributed by atoms with Crippen molar-refractivity contribution in [3.05, 3.63) is 29.8 Å². The molecule has 0 saturated carbocycles. The summed E-state index contributed by atoms with van der Waals surface area (Å²) in [5.41, 5.74) is 1.08. The molecule has 0 aliphatic carbocycles. The second-order valence-corrected chi connectivity index (χ2v) is 5.59. The lowest BCUT2D eigenvalue weighted by Crippen LogP contribution is -2.14. The highest BCUT2D eigenvalue weighted by Crippen LogP contribution is 2.14. The van der Waals surface area contributed by atoms with Gasteiger partial charge in [0.2, 0.25) is 0 Å². The van der Waals surface area contributed by atoms with Gasteiger partial charge in [0.1, 0.15) is 5.75 Å². The predicted octanol–water partition coefficient (Wildman–Crippen LogP) is 4.30. The summed E-state index contributed by atoms with van der Waals surface area (Å²) in [6, 6.07) is 6.77. The molecule has 0 bridgehead atoms. The molecule has 1 aromatic carbocycles. The molecule has 1 N–H and O–H groups in total. The van der Waals surface area contributed by atoms with Crippen LogP contribution >= 0.6 is 11.8 Å². The lowest BCUT2D eigenvalue weighted by Gasteiger charge is -2.07. The van der Waals surface area contributed by atoms with E-state index in [1.54, 1.807) is 12.1 Å². The molecule has 1 rings (SSSR count). The molecule has 2 nitrogen and oxygen atoms in total. The number of nitrogens with one attached hydrogen (secondary N) is 1. The minimum atomic E-state index is -2.76. The fourth-order valence-corrected chi connectivity index (χ4v) is 2.36. The number of rotatable bonds is 11. The third kappa shape index (κ3) is 8.38. The van der Waals surface area contributed by atoms with Crippen LogP contribution in [0.25, 0.3) is 0 Å². The molecule has 0 spiro atoms. The van der Waals surface area contributed by atoms with Crippen LogP contribution in [0.15, 0.2) is 24.3 Å². The van der Waals surface area contributed by atoms with Gasteiger partial charge in [0.25, 0.3) is 0 Å². The molecule has 0 atom stereocenters. The molecule has 0 unspecified atom stereocenters. The van der Waals surface area contributed by atoms with Crippen LogP contribution in [0.4, 0.5) is 8.78 Å². The third-order valence-electron chi connectivity index (χ3n) is 2.93. The second kappa shape index (κ2) is 10.9. The zero-order valence-corrected chi connectivity index (χ0v) is 12.7. The van der Waals surface area contributed by atoms with Gasteiger partial charge in [0.15, 0.2) is 0 Å². The Kier molecular flexibility index (Phi) is 9.41. The fraction of sp³-hybridized carbons (Fsp3) is 0.600. The number of unbranched alkanes of at least 4 members (excludes halogenated alkanes) is 3. The minimum Gasteiger partial charge on any atom is -0.435 e. The monoisotopic (exact) mass is 303 g/mol. The van der Waals surface area contributed by atoms with Gasteiger partial charge in [-0.05, 0) is 49.1 Å². The SMILES string of the molecule is CSCCCCCCNCc1ccc(OC(F)F)cc1. The average Bonchev–Trinajstić information content (AvgIpc) is 2.43. The van der Waals surface area contributed by atoms with Gasteiger partial charge >= 0.3 is 6.61 Å². The van der Waals surface area contributed by atoms with Gasteiger partial charge < -0.3 is 10.1 Å². The number of ether oxygens (including phenoxy) is 1. The van der Waals surface area contributed by atoms with E-state index in [4.69, 9.17) is 0 Å². The highest BCUT2D eigenvalue weighted by Gasteiger charge is 2.03. The number of halogens is 2. The van der Waals surface area contributed by atoms with Crippen LogP contribution in [0.1, 0.15) is 31.2 Å². The normalized spacial score (nSPS) is 11.0. The lowest BCUT2D eigenvalue weighted by atomic mass is 10.2. The van der Waals surface area contributed by atoms with Gasteiger partial charge in [0, 0.05) is 6.54 Å². The summed E-state index contributed by atoms with van der Waals surface area (Å²) in [6.45, 7) is -1.00. The third-order valence-corrected chi connectivity index (χ3v) is 3.63. The maximum absolute atomic E-state index is 12.0. The van der Waals surface area contributed by atoms with E-state index in [1.165, 1.54) is 31.4 Å². The molecule has 1 aromatic rings. The van der Waals surface area contributed by atoms with Crippen molar-refractivity contribution in [1.82, 2.24) is 5.32 Å². The first-order valence-corrected chi connectivity index (χ1v) is 8.35. The Balaban J connectivity index is 2.07. The predicted molar refractivity (Wildman–Crippen MR) is 81.6 cm³/mol. The molecular weight excluding hydrogens is 280 g/mol. The van der Waals surface area contributed by atoms with Crippen LogP contribution in [0.2, 0.25) is 0 Å². The molecular formula is C15H23F2NOS. The number of thioether (sulfide) groups is 1. The van der Waals surface area contributed by atoms with Gasteiger partial charge in [-0.1, -0.05) is 25.0 Å². The highest BCUT2D eigenvalue weighted by molar-refractivity contribution is 7.98. The van der Waals surface area contributed by atoms with E-state index in [9.17, 15) is 8.78 Å². The van der Waals surface area contributed by atoms with E-state index < -0.39 is 6.61 Å². The van der Waals surface area contributed by atoms with Crippen LogP contribution < -0.4 is 10.1 Å². The minimum absolute atomic E-state index is 0.206. The van der Waals surface area contributed by atoms with Crippen molar-refractivity contribution in [2.24, 2.45) is 0 Å². The van der Waals surface area contributed by atoms with Crippen molar-refractivity contribution in [3.63, 3.8) is 0 Å². The standard InChI is InChI=1S/C15H23F2NOS/c1-20-11-5-3-2-4-10-18-12-13-6-8-14(9-7-13)19-15(16)17/h6-9,15,18H,2-5,10-12H2,1H3. The van der Waals surface area contributed by atoms with Gasteiger partial charge in [-0.25, -0.2) is 0 Å². The number of alkyl halides is 2. The molecule has 0 fully saturated rings. The zero-order valence-electron chi connectivity index (χ0n) is 11.9. The molecule has 20 heavy (non-hydrogen) atoms. The van der Waals surface area contributed by atoms with Gasteiger partial charge in [-0.2, -0.15) is 20.5 Å². The molecule has 5 heteroatoms. The maximum Gasteiger partial charge on any atom is 0.387 e. The van der Waals surface area contributed by atoms with Crippen molar-refractivity contribution in [2.45, 2.75) is 38.8 Å². The summed E-state index contributed by atoms with van der Waals surface area (Å²) in [7, 11) is 0. The van der Waals surface area contributed by atoms with Crippen molar-refractivity contribution >= 4 is 11.8 Å². The van der Waals surface area contributed by atoms with Gasteiger partial charge in [-0.15, -0.1) is 0 Å². The van der Waals surface area contributed by atoms with Crippen molar-refractivity contribution in [2.75, 3.05) is 18.6 Å². The van der Waals surface area contributed by atoms with Crippen LogP contribution in [0, 0.1) is 0 Å². The van der Waals surface area contributed by atoms with Crippen molar-refractivity contribution < 1.29 is 13.5 Å². The molecule has 0 amide bonds. The summed E-state index contributed by atoms with van der Waals surface area (Å²) in [5.74, 6) is 1.46. The molecule has 0 aromatic heterocycles. The van der Waals surface area contributed by atoms with Crippen molar-refractivity contribution in [3.8, 4) is 5.75 Å². The molecule has 0 saturated heterocycles. The summed E-state index contributed by atoms with van der Waals surface area (Å²) in [5, 5.41) is 3.36. The first-order valence-electron chi connectivity index (χ1n) is 6.96. The Morgan fingerprint density at radius 3 is 2.45 bits per heavy atom. The first kappa shape index (κ1) is 17.2. The van der Waals surface area contributed by atoms with E-state index in [0.29, 0.717) is 0 Å². The van der Waals surface area contributed by atoms with Crippen LogP contribution in [-0.2, 0) is 6.54 Å². The van der Waals surface area contributed by atoms with E-state index in [1.807, 2.05) is 23.9 Å². The maximum atomic E-state index is 12.0. The Morgan fingerprint density at radius 2 is 1.80 bits per heavy atom. The fourth-order valence-electron chi connectivity index (χ4n) is 1.87. The van der Waals surface area contributed by atoms with Crippen molar-refractivity contribution in [1.29, 1.82) is 0 Å². The van der Waals surface area contributed by atoms with E-state index in [-0.39, 0.29) is 5.75 Å². The molecule has 114 valence electrons. The summed E-state index contributed by atoms with van der Waals surface area (Å²) in [4.78, 5) is 0. The summed E-state index contributed by atoms with van der Waals surface area (Å²) in [6.07, 6.45) is 7.17. The van der Waals surface area contributed by atoms with Crippen LogP contribution in [0.5, 0.6) is 5.75 Å². The molecule has 0 radical (unpaired) electrons. The topological polar surface area (TPSA) is 21.3 Å². The smallest absolute Gasteiger partial charge is 0.387 e. The Bertz CT molecular complexity index is 346. The quantitative estimate of drug-likeness (QED) is 0.616. The molecule has 0 heterocycles. The molecule has 0 aliphatic rings. The highest BCUT2D eigenvalue weighted by atomic mass is 32.2. The van der Waals surface area contributed by atoms with E-state index in [0.717, 1.165) is 18.7 Å².